The number of rotatable bonds is 5. The van der Waals surface area contributed by atoms with Gasteiger partial charge < -0.3 is 14.7 Å². The van der Waals surface area contributed by atoms with Crippen LogP contribution in [-0.2, 0) is 6.18 Å². The van der Waals surface area contributed by atoms with Gasteiger partial charge in [0.1, 0.15) is 11.6 Å². The molecule has 3 aromatic rings. The van der Waals surface area contributed by atoms with Crippen molar-refractivity contribution in [2.45, 2.75) is 44.3 Å². The Morgan fingerprint density at radius 2 is 1.62 bits per heavy atom. The van der Waals surface area contributed by atoms with Gasteiger partial charge in [-0.25, -0.2) is 9.37 Å². The highest BCUT2D eigenvalue weighted by molar-refractivity contribution is 5.59. The van der Waals surface area contributed by atoms with Gasteiger partial charge in [-0.1, -0.05) is 31.4 Å². The van der Waals surface area contributed by atoms with E-state index in [1.807, 2.05) is 11.9 Å². The molecule has 2 aromatic heterocycles. The third-order valence-electron chi connectivity index (χ3n) is 7.09. The van der Waals surface area contributed by atoms with Crippen molar-refractivity contribution in [3.8, 4) is 11.4 Å². The summed E-state index contributed by atoms with van der Waals surface area (Å²) in [6.07, 6.45) is 2.53. The lowest BCUT2D eigenvalue weighted by atomic mass is 9.95. The molecule has 0 N–H and O–H groups in total. The highest BCUT2D eigenvalue weighted by Gasteiger charge is 2.36. The van der Waals surface area contributed by atoms with Crippen LogP contribution in [0.15, 0.2) is 42.6 Å². The summed E-state index contributed by atoms with van der Waals surface area (Å²) < 4.78 is 54.5. The Kier molecular flexibility index (Phi) is 7.12. The molecule has 0 bridgehead atoms. The number of piperazine rings is 1. The van der Waals surface area contributed by atoms with E-state index in [0.29, 0.717) is 55.5 Å². The fourth-order valence-corrected chi connectivity index (χ4v) is 5.03. The van der Waals surface area contributed by atoms with E-state index < -0.39 is 11.7 Å². The predicted octanol–water partition coefficient (Wildman–Crippen LogP) is 5.19. The largest absolute Gasteiger partial charge is 0.419 e. The van der Waals surface area contributed by atoms with Gasteiger partial charge in [-0.2, -0.15) is 28.1 Å². The van der Waals surface area contributed by atoms with Crippen LogP contribution >= 0.6 is 0 Å². The first-order valence-electron chi connectivity index (χ1n) is 12.6. The summed E-state index contributed by atoms with van der Waals surface area (Å²) in [7, 11) is 1.97. The highest BCUT2D eigenvalue weighted by atomic mass is 19.4. The maximum Gasteiger partial charge on any atom is 0.419 e. The lowest BCUT2D eigenvalue weighted by molar-refractivity contribution is -0.137. The first kappa shape index (κ1) is 25.2. The topological polar surface area (TPSA) is 61.3 Å². The SMILES string of the molecule is CN(c1nc(-c2cccc(F)c2)nc(N2CCN(c3ncccc3C(F)(F)F)CC2)n1)C1CCCCC1. The molecule has 11 heteroatoms. The molecular formula is C26H29F4N7. The van der Waals surface area contributed by atoms with Crippen molar-refractivity contribution in [3.63, 3.8) is 0 Å². The molecule has 0 unspecified atom stereocenters. The van der Waals surface area contributed by atoms with E-state index in [-0.39, 0.29) is 11.6 Å². The smallest absolute Gasteiger partial charge is 0.353 e. The number of nitrogens with zero attached hydrogens (tertiary/aromatic N) is 7. The second-order valence-electron chi connectivity index (χ2n) is 9.52. The molecule has 3 heterocycles. The minimum absolute atomic E-state index is 0.0662. The number of benzene rings is 1. The number of halogens is 4. The summed E-state index contributed by atoms with van der Waals surface area (Å²) in [5, 5.41) is 0. The molecule has 0 atom stereocenters. The first-order chi connectivity index (χ1) is 17.8. The Balaban J connectivity index is 1.42. The van der Waals surface area contributed by atoms with Gasteiger partial charge in [-0.3, -0.25) is 0 Å². The Morgan fingerprint density at radius 1 is 0.892 bits per heavy atom. The van der Waals surface area contributed by atoms with Crippen LogP contribution in [0.25, 0.3) is 11.4 Å². The Bertz CT molecular complexity index is 1220. The lowest BCUT2D eigenvalue weighted by Crippen LogP contribution is -2.48. The van der Waals surface area contributed by atoms with Crippen molar-refractivity contribution in [1.82, 2.24) is 19.9 Å². The standard InChI is InChI=1S/C26H29F4N7/c1-35(20-9-3-2-4-10-20)24-32-22(18-7-5-8-19(27)17-18)33-25(34-24)37-15-13-36(14-16-37)23-21(26(28,29)30)11-6-12-31-23/h5-8,11-12,17,20H,2-4,9-10,13-16H2,1H3. The molecule has 196 valence electrons. The van der Waals surface area contributed by atoms with Gasteiger partial charge in [0.2, 0.25) is 11.9 Å². The van der Waals surface area contributed by atoms with Crippen LogP contribution in [0.3, 0.4) is 0 Å². The number of pyridine rings is 1. The number of hydrogen-bond donors (Lipinski definition) is 0. The molecule has 1 aliphatic heterocycles. The fourth-order valence-electron chi connectivity index (χ4n) is 5.03. The van der Waals surface area contributed by atoms with Gasteiger partial charge in [-0.05, 0) is 37.1 Å². The van der Waals surface area contributed by atoms with Gasteiger partial charge in [-0.15, -0.1) is 0 Å². The van der Waals surface area contributed by atoms with Crippen molar-refractivity contribution in [1.29, 1.82) is 0 Å². The second kappa shape index (κ2) is 10.5. The molecule has 1 aromatic carbocycles. The molecule has 0 spiro atoms. The van der Waals surface area contributed by atoms with E-state index >= 15 is 0 Å². The summed E-state index contributed by atoms with van der Waals surface area (Å²) in [5.41, 5.74) is -0.197. The zero-order valence-electron chi connectivity index (χ0n) is 20.6. The summed E-state index contributed by atoms with van der Waals surface area (Å²) in [6.45, 7) is 1.48. The predicted molar refractivity (Wildman–Crippen MR) is 134 cm³/mol. The third kappa shape index (κ3) is 5.60. The summed E-state index contributed by atoms with van der Waals surface area (Å²) in [5.74, 6) is 0.870. The van der Waals surface area contributed by atoms with Crippen molar-refractivity contribution in [3.05, 3.63) is 54.0 Å². The summed E-state index contributed by atoms with van der Waals surface area (Å²) in [4.78, 5) is 23.8. The molecule has 7 nitrogen and oxygen atoms in total. The van der Waals surface area contributed by atoms with Crippen LogP contribution in [0.2, 0.25) is 0 Å². The molecule has 1 saturated heterocycles. The van der Waals surface area contributed by atoms with Gasteiger partial charge >= 0.3 is 6.18 Å². The highest BCUT2D eigenvalue weighted by Crippen LogP contribution is 2.35. The van der Waals surface area contributed by atoms with Crippen LogP contribution in [0.5, 0.6) is 0 Å². The Hall–Kier alpha value is -3.50. The van der Waals surface area contributed by atoms with Crippen LogP contribution in [0.4, 0.5) is 35.3 Å². The van der Waals surface area contributed by atoms with Crippen LogP contribution in [0, 0.1) is 5.82 Å². The molecule has 1 saturated carbocycles. The number of aromatic nitrogens is 4. The van der Waals surface area contributed by atoms with Crippen molar-refractivity contribution in [2.24, 2.45) is 0 Å². The van der Waals surface area contributed by atoms with Gasteiger partial charge in [0.25, 0.3) is 0 Å². The zero-order chi connectivity index (χ0) is 26.0. The first-order valence-corrected chi connectivity index (χ1v) is 12.6. The van der Waals surface area contributed by atoms with Crippen LogP contribution < -0.4 is 14.7 Å². The molecule has 2 aliphatic rings. The molecule has 5 rings (SSSR count). The summed E-state index contributed by atoms with van der Waals surface area (Å²) in [6, 6.07) is 8.79. The van der Waals surface area contributed by atoms with E-state index in [1.165, 1.54) is 30.8 Å². The van der Waals surface area contributed by atoms with E-state index in [2.05, 4.69) is 19.9 Å². The minimum atomic E-state index is -4.48. The number of hydrogen-bond acceptors (Lipinski definition) is 7. The number of anilines is 3. The Morgan fingerprint density at radius 3 is 2.32 bits per heavy atom. The van der Waals surface area contributed by atoms with E-state index in [4.69, 9.17) is 4.98 Å². The van der Waals surface area contributed by atoms with Crippen molar-refractivity contribution in [2.75, 3.05) is 47.9 Å². The molecule has 1 aliphatic carbocycles. The van der Waals surface area contributed by atoms with E-state index in [1.54, 1.807) is 17.0 Å². The number of alkyl halides is 3. The molecule has 2 fully saturated rings. The van der Waals surface area contributed by atoms with E-state index in [0.717, 1.165) is 31.7 Å². The zero-order valence-corrected chi connectivity index (χ0v) is 20.6. The average Bonchev–Trinajstić information content (AvgIpc) is 2.92. The molecule has 0 amide bonds. The molecule has 37 heavy (non-hydrogen) atoms. The Labute approximate surface area is 213 Å². The maximum absolute atomic E-state index is 14.0. The second-order valence-corrected chi connectivity index (χ2v) is 9.52. The fraction of sp³-hybridized carbons (Fsp3) is 0.462. The van der Waals surface area contributed by atoms with Gasteiger partial charge in [0.05, 0.1) is 5.56 Å². The third-order valence-corrected chi connectivity index (χ3v) is 7.09. The quantitative estimate of drug-likeness (QED) is 0.434. The lowest BCUT2D eigenvalue weighted by Gasteiger charge is -2.37. The van der Waals surface area contributed by atoms with Crippen molar-refractivity contribution >= 4 is 17.7 Å². The maximum atomic E-state index is 14.0. The average molecular weight is 516 g/mol. The molecule has 0 radical (unpaired) electrons. The normalized spacial score (nSPS) is 17.2. The van der Waals surface area contributed by atoms with Crippen LogP contribution in [-0.4, -0.2) is 59.2 Å². The van der Waals surface area contributed by atoms with Crippen LogP contribution in [0.1, 0.15) is 37.7 Å². The molecular weight excluding hydrogens is 486 g/mol. The monoisotopic (exact) mass is 515 g/mol. The minimum Gasteiger partial charge on any atom is -0.353 e. The van der Waals surface area contributed by atoms with E-state index in [9.17, 15) is 17.6 Å². The summed E-state index contributed by atoms with van der Waals surface area (Å²) >= 11 is 0. The van der Waals surface area contributed by atoms with Gasteiger partial charge in [0.15, 0.2) is 5.82 Å². The van der Waals surface area contributed by atoms with Crippen molar-refractivity contribution < 1.29 is 17.6 Å². The van der Waals surface area contributed by atoms with Gasteiger partial charge in [0, 0.05) is 51.0 Å².